The van der Waals surface area contributed by atoms with Crippen LogP contribution in [0.5, 0.6) is 0 Å². The van der Waals surface area contributed by atoms with Crippen LogP contribution in [-0.4, -0.2) is 43.5 Å². The summed E-state index contributed by atoms with van der Waals surface area (Å²) < 4.78 is 33.8. The third-order valence-electron chi connectivity index (χ3n) is 4.94. The number of nitrogen functional groups attached to an aromatic ring is 1. The van der Waals surface area contributed by atoms with Gasteiger partial charge in [0, 0.05) is 19.3 Å². The van der Waals surface area contributed by atoms with E-state index in [9.17, 15) is 18.5 Å². The average Bonchev–Trinajstić information content (AvgIpc) is 3.04. The first-order valence-corrected chi connectivity index (χ1v) is 10.4. The Hall–Kier alpha value is -2.83. The highest BCUT2D eigenvalue weighted by Crippen LogP contribution is 2.29. The molecule has 1 aliphatic rings. The zero-order valence-corrected chi connectivity index (χ0v) is 16.6. The molecule has 2 heterocycles. The van der Waals surface area contributed by atoms with E-state index in [0.717, 1.165) is 24.8 Å². The number of anilines is 1. The minimum absolute atomic E-state index is 0.00181. The molecule has 0 radical (unpaired) electrons. The predicted octanol–water partition coefficient (Wildman–Crippen LogP) is 2.20. The van der Waals surface area contributed by atoms with Crippen LogP contribution >= 0.6 is 0 Å². The highest BCUT2D eigenvalue weighted by atomic mass is 32.2. The van der Waals surface area contributed by atoms with Crippen LogP contribution in [0, 0.1) is 18.3 Å². The summed E-state index contributed by atoms with van der Waals surface area (Å²) in [6.07, 6.45) is 4.11. The molecule has 0 atom stereocenters. The van der Waals surface area contributed by atoms with Crippen LogP contribution in [0.1, 0.15) is 40.9 Å². The third-order valence-corrected chi connectivity index (χ3v) is 6.83. The number of hydrogen-bond donors (Lipinski definition) is 1. The van der Waals surface area contributed by atoms with Gasteiger partial charge in [-0.2, -0.15) is 9.57 Å². The number of nitrogens with two attached hydrogens (primary N) is 1. The Bertz CT molecular complexity index is 1060. The molecule has 0 unspecified atom stereocenters. The molecule has 0 aliphatic carbocycles. The van der Waals surface area contributed by atoms with E-state index in [1.54, 1.807) is 19.1 Å². The molecular formula is C19H22N4O4S. The molecule has 0 spiro atoms. The molecule has 3 rings (SSSR count). The molecule has 8 nitrogen and oxygen atoms in total. The van der Waals surface area contributed by atoms with Gasteiger partial charge in [0.15, 0.2) is 5.69 Å². The molecule has 1 saturated heterocycles. The zero-order valence-electron chi connectivity index (χ0n) is 15.8. The van der Waals surface area contributed by atoms with Crippen LogP contribution in [0.2, 0.25) is 0 Å². The molecule has 9 heteroatoms. The molecule has 1 fully saturated rings. The first-order chi connectivity index (χ1) is 13.3. The average molecular weight is 402 g/mol. The highest BCUT2D eigenvalue weighted by molar-refractivity contribution is 7.89. The van der Waals surface area contributed by atoms with Gasteiger partial charge in [-0.05, 0) is 37.5 Å². The van der Waals surface area contributed by atoms with Gasteiger partial charge in [0.1, 0.15) is 6.07 Å². The lowest BCUT2D eigenvalue weighted by Crippen LogP contribution is -2.35. The van der Waals surface area contributed by atoms with Crippen molar-refractivity contribution in [2.24, 2.45) is 0 Å². The molecule has 2 aromatic rings. The Balaban J connectivity index is 2.16. The fourth-order valence-corrected chi connectivity index (χ4v) is 4.91. The first-order valence-electron chi connectivity index (χ1n) is 8.91. The van der Waals surface area contributed by atoms with Crippen LogP contribution in [-0.2, 0) is 14.8 Å². The normalized spacial score (nSPS) is 15.2. The summed E-state index contributed by atoms with van der Waals surface area (Å²) in [4.78, 5) is 12.4. The van der Waals surface area contributed by atoms with E-state index in [2.05, 4.69) is 0 Å². The molecule has 1 aliphatic heterocycles. The lowest BCUT2D eigenvalue weighted by molar-refractivity contribution is 0.0593. The van der Waals surface area contributed by atoms with E-state index in [4.69, 9.17) is 10.5 Å². The van der Waals surface area contributed by atoms with Crippen LogP contribution in [0.4, 0.5) is 5.69 Å². The number of aryl methyl sites for hydroxylation is 1. The molecule has 0 bridgehead atoms. The quantitative estimate of drug-likeness (QED) is 0.783. The number of sulfonamides is 1. The zero-order chi connectivity index (χ0) is 20.5. The van der Waals surface area contributed by atoms with E-state index in [0.29, 0.717) is 18.8 Å². The summed E-state index contributed by atoms with van der Waals surface area (Å²) in [6, 6.07) is 6.68. The predicted molar refractivity (Wildman–Crippen MR) is 104 cm³/mol. The Kier molecular flexibility index (Phi) is 5.45. The van der Waals surface area contributed by atoms with Gasteiger partial charge >= 0.3 is 5.97 Å². The summed E-state index contributed by atoms with van der Waals surface area (Å²) in [5.41, 5.74) is 7.23. The highest BCUT2D eigenvalue weighted by Gasteiger charge is 2.28. The number of nitrogens with zero attached hydrogens (tertiary/aromatic N) is 3. The number of esters is 1. The van der Waals surface area contributed by atoms with Gasteiger partial charge < -0.3 is 15.0 Å². The number of ether oxygens (including phenoxy) is 1. The van der Waals surface area contributed by atoms with E-state index in [-0.39, 0.29) is 21.8 Å². The minimum Gasteiger partial charge on any atom is -0.464 e. The molecule has 0 amide bonds. The second-order valence-electron chi connectivity index (χ2n) is 6.69. The van der Waals surface area contributed by atoms with Crippen LogP contribution < -0.4 is 5.73 Å². The van der Waals surface area contributed by atoms with Crippen molar-refractivity contribution in [1.82, 2.24) is 8.87 Å². The summed E-state index contributed by atoms with van der Waals surface area (Å²) in [7, 11) is -2.43. The summed E-state index contributed by atoms with van der Waals surface area (Å²) in [5, 5.41) is 9.28. The monoisotopic (exact) mass is 402 g/mol. The molecule has 148 valence electrons. The van der Waals surface area contributed by atoms with Crippen LogP contribution in [0.15, 0.2) is 29.3 Å². The Morgan fingerprint density at radius 1 is 1.25 bits per heavy atom. The molecule has 28 heavy (non-hydrogen) atoms. The van der Waals surface area contributed by atoms with Crippen molar-refractivity contribution in [3.8, 4) is 11.8 Å². The van der Waals surface area contributed by atoms with E-state index in [1.807, 2.05) is 6.07 Å². The number of rotatable bonds is 4. The van der Waals surface area contributed by atoms with Gasteiger partial charge in [0.05, 0.1) is 28.9 Å². The van der Waals surface area contributed by atoms with Crippen molar-refractivity contribution >= 4 is 21.7 Å². The van der Waals surface area contributed by atoms with Gasteiger partial charge in [-0.1, -0.05) is 12.5 Å². The van der Waals surface area contributed by atoms with E-state index < -0.39 is 16.0 Å². The van der Waals surface area contributed by atoms with Crippen molar-refractivity contribution in [2.75, 3.05) is 25.9 Å². The van der Waals surface area contributed by atoms with Crippen molar-refractivity contribution in [1.29, 1.82) is 5.26 Å². The second-order valence-corrected chi connectivity index (χ2v) is 8.63. The Morgan fingerprint density at radius 2 is 1.93 bits per heavy atom. The maximum Gasteiger partial charge on any atom is 0.357 e. The maximum atomic E-state index is 13.0. The standard InChI is InChI=1S/C19H22N4O4S/c1-13-6-7-15(28(25,26)22-8-4-3-5-9-22)10-16(13)23-12-14(11-20)17(21)18(23)19(24)27-2/h6-7,10,12H,3-5,8-9,21H2,1-2H3. The Morgan fingerprint density at radius 3 is 2.54 bits per heavy atom. The van der Waals surface area contributed by atoms with Crippen molar-refractivity contribution in [3.63, 3.8) is 0 Å². The number of nitriles is 1. The van der Waals surface area contributed by atoms with Crippen molar-refractivity contribution < 1.29 is 17.9 Å². The molecule has 2 N–H and O–H groups in total. The van der Waals surface area contributed by atoms with Crippen molar-refractivity contribution in [2.45, 2.75) is 31.1 Å². The van der Waals surface area contributed by atoms with Gasteiger partial charge in [-0.15, -0.1) is 0 Å². The first kappa shape index (κ1) is 19.9. The molecule has 0 saturated carbocycles. The van der Waals surface area contributed by atoms with Gasteiger partial charge in [-0.3, -0.25) is 0 Å². The second kappa shape index (κ2) is 7.66. The smallest absolute Gasteiger partial charge is 0.357 e. The summed E-state index contributed by atoms with van der Waals surface area (Å²) >= 11 is 0. The third kappa shape index (κ3) is 3.37. The van der Waals surface area contributed by atoms with Crippen LogP contribution in [0.25, 0.3) is 5.69 Å². The fraction of sp³-hybridized carbons (Fsp3) is 0.368. The lowest BCUT2D eigenvalue weighted by atomic mass is 10.2. The number of methoxy groups -OCH3 is 1. The van der Waals surface area contributed by atoms with Gasteiger partial charge in [-0.25, -0.2) is 13.2 Å². The van der Waals surface area contributed by atoms with Crippen molar-refractivity contribution in [3.05, 3.63) is 41.2 Å². The maximum absolute atomic E-state index is 13.0. The summed E-state index contributed by atoms with van der Waals surface area (Å²) in [5.74, 6) is -0.706. The number of piperidine rings is 1. The number of carbonyl (C=O) groups excluding carboxylic acids is 1. The minimum atomic E-state index is -3.65. The number of aromatic nitrogens is 1. The molecule has 1 aromatic heterocycles. The number of hydrogen-bond acceptors (Lipinski definition) is 6. The SMILES string of the molecule is COC(=O)c1c(N)c(C#N)cn1-c1cc(S(=O)(=O)N2CCCCC2)ccc1C. The van der Waals surface area contributed by atoms with E-state index in [1.165, 1.54) is 28.2 Å². The topological polar surface area (TPSA) is 118 Å². The molecular weight excluding hydrogens is 380 g/mol. The van der Waals surface area contributed by atoms with E-state index >= 15 is 0 Å². The molecule has 1 aromatic carbocycles. The lowest BCUT2D eigenvalue weighted by Gasteiger charge is -2.26. The summed E-state index contributed by atoms with van der Waals surface area (Å²) in [6.45, 7) is 2.78. The van der Waals surface area contributed by atoms with Gasteiger partial charge in [0.25, 0.3) is 0 Å². The van der Waals surface area contributed by atoms with Gasteiger partial charge in [0.2, 0.25) is 10.0 Å². The number of carbonyl (C=O) groups is 1. The fourth-order valence-electron chi connectivity index (χ4n) is 3.37. The Labute approximate surface area is 164 Å². The number of benzene rings is 1. The largest absolute Gasteiger partial charge is 0.464 e. The van der Waals surface area contributed by atoms with Crippen LogP contribution in [0.3, 0.4) is 0 Å².